The number of rotatable bonds is 4. The Kier molecular flexibility index (Phi) is 5.04. The standard InChI is InChI=1S/C16H12BrClO3/c1-10-8-12(18)4-6-15(10)21-13-5-2-11(14(17)9-13)3-7-16(19)20/h2-9H,1H3,(H,19,20)/b7-3+. The fourth-order valence-electron chi connectivity index (χ4n) is 1.72. The van der Waals surface area contributed by atoms with Crippen LogP contribution in [0.2, 0.25) is 5.02 Å². The summed E-state index contributed by atoms with van der Waals surface area (Å²) in [6.07, 6.45) is 2.60. The molecule has 108 valence electrons. The SMILES string of the molecule is Cc1cc(Cl)ccc1Oc1ccc(/C=C/C(=O)O)c(Br)c1. The summed E-state index contributed by atoms with van der Waals surface area (Å²) in [6.45, 7) is 1.92. The molecule has 2 rings (SSSR count). The molecule has 1 N–H and O–H groups in total. The van der Waals surface area contributed by atoms with Crippen molar-refractivity contribution in [2.45, 2.75) is 6.92 Å². The molecule has 0 saturated carbocycles. The molecule has 0 fully saturated rings. The van der Waals surface area contributed by atoms with Crippen molar-refractivity contribution in [1.82, 2.24) is 0 Å². The summed E-state index contributed by atoms with van der Waals surface area (Å²) in [5.41, 5.74) is 1.70. The van der Waals surface area contributed by atoms with Gasteiger partial charge in [0.2, 0.25) is 0 Å². The number of carboxylic acids is 1. The molecule has 0 aliphatic carbocycles. The number of hydrogen-bond acceptors (Lipinski definition) is 2. The topological polar surface area (TPSA) is 46.5 Å². The van der Waals surface area contributed by atoms with Crippen LogP contribution in [0, 0.1) is 6.92 Å². The molecule has 21 heavy (non-hydrogen) atoms. The third-order valence-corrected chi connectivity index (χ3v) is 3.66. The Bertz CT molecular complexity index is 711. The predicted molar refractivity (Wildman–Crippen MR) is 87.1 cm³/mol. The molecule has 0 unspecified atom stereocenters. The van der Waals surface area contributed by atoms with Crippen molar-refractivity contribution < 1.29 is 14.6 Å². The molecule has 0 aromatic heterocycles. The summed E-state index contributed by atoms with van der Waals surface area (Å²) in [6, 6.07) is 10.8. The normalized spacial score (nSPS) is 10.8. The quantitative estimate of drug-likeness (QED) is 0.746. The summed E-state index contributed by atoms with van der Waals surface area (Å²) in [4.78, 5) is 10.5. The van der Waals surface area contributed by atoms with Gasteiger partial charge in [0.15, 0.2) is 0 Å². The van der Waals surface area contributed by atoms with Crippen molar-refractivity contribution in [3.05, 3.63) is 63.1 Å². The van der Waals surface area contributed by atoms with Gasteiger partial charge in [-0.25, -0.2) is 4.79 Å². The lowest BCUT2D eigenvalue weighted by atomic mass is 10.2. The van der Waals surface area contributed by atoms with Crippen molar-refractivity contribution >= 4 is 39.6 Å². The fourth-order valence-corrected chi connectivity index (χ4v) is 2.44. The highest BCUT2D eigenvalue weighted by atomic mass is 79.9. The maximum absolute atomic E-state index is 10.5. The molecule has 2 aromatic carbocycles. The van der Waals surface area contributed by atoms with E-state index in [1.165, 1.54) is 6.08 Å². The molecule has 3 nitrogen and oxygen atoms in total. The number of hydrogen-bond donors (Lipinski definition) is 1. The van der Waals surface area contributed by atoms with Gasteiger partial charge in [-0.05, 0) is 54.5 Å². The van der Waals surface area contributed by atoms with Gasteiger partial charge in [0.05, 0.1) is 0 Å². The summed E-state index contributed by atoms with van der Waals surface area (Å²) in [7, 11) is 0. The van der Waals surface area contributed by atoms with Crippen LogP contribution in [0.25, 0.3) is 6.08 Å². The maximum Gasteiger partial charge on any atom is 0.328 e. The predicted octanol–water partition coefficient (Wildman–Crippen LogP) is 5.30. The molecule has 0 bridgehead atoms. The number of halogens is 2. The minimum Gasteiger partial charge on any atom is -0.478 e. The van der Waals surface area contributed by atoms with Crippen LogP contribution in [-0.2, 0) is 4.79 Å². The Morgan fingerprint density at radius 3 is 2.67 bits per heavy atom. The number of ether oxygens (including phenoxy) is 1. The van der Waals surface area contributed by atoms with Crippen molar-refractivity contribution in [3.63, 3.8) is 0 Å². The van der Waals surface area contributed by atoms with E-state index < -0.39 is 5.97 Å². The average molecular weight is 368 g/mol. The van der Waals surface area contributed by atoms with Gasteiger partial charge in [-0.15, -0.1) is 0 Å². The van der Waals surface area contributed by atoms with Crippen molar-refractivity contribution in [2.24, 2.45) is 0 Å². The Morgan fingerprint density at radius 1 is 1.29 bits per heavy atom. The van der Waals surface area contributed by atoms with Crippen LogP contribution >= 0.6 is 27.5 Å². The minimum absolute atomic E-state index is 0.653. The van der Waals surface area contributed by atoms with E-state index in [1.54, 1.807) is 24.3 Å². The first-order valence-electron chi connectivity index (χ1n) is 6.10. The van der Waals surface area contributed by atoms with Crippen LogP contribution in [0.5, 0.6) is 11.5 Å². The van der Waals surface area contributed by atoms with Gasteiger partial charge in [-0.1, -0.05) is 33.6 Å². The van der Waals surface area contributed by atoms with Gasteiger partial charge in [0.25, 0.3) is 0 Å². The number of aliphatic carboxylic acids is 1. The van der Waals surface area contributed by atoms with E-state index in [0.29, 0.717) is 10.8 Å². The Morgan fingerprint density at radius 2 is 2.05 bits per heavy atom. The Balaban J connectivity index is 2.22. The number of aryl methyl sites for hydroxylation is 1. The van der Waals surface area contributed by atoms with Gasteiger partial charge < -0.3 is 9.84 Å². The molecule has 0 heterocycles. The first-order valence-corrected chi connectivity index (χ1v) is 7.27. The van der Waals surface area contributed by atoms with Crippen LogP contribution in [0.4, 0.5) is 0 Å². The first kappa shape index (κ1) is 15.6. The van der Waals surface area contributed by atoms with Gasteiger partial charge in [0, 0.05) is 15.6 Å². The summed E-state index contributed by atoms with van der Waals surface area (Å²) < 4.78 is 6.55. The van der Waals surface area contributed by atoms with Crippen LogP contribution in [0.15, 0.2) is 46.9 Å². The molecule has 0 spiro atoms. The molecule has 0 saturated heterocycles. The zero-order chi connectivity index (χ0) is 15.4. The third-order valence-electron chi connectivity index (χ3n) is 2.74. The van der Waals surface area contributed by atoms with Crippen molar-refractivity contribution in [2.75, 3.05) is 0 Å². The Hall–Kier alpha value is -1.78. The maximum atomic E-state index is 10.5. The molecular weight excluding hydrogens is 356 g/mol. The fraction of sp³-hybridized carbons (Fsp3) is 0.0625. The minimum atomic E-state index is -0.987. The van der Waals surface area contributed by atoms with E-state index >= 15 is 0 Å². The third kappa shape index (κ3) is 4.34. The lowest BCUT2D eigenvalue weighted by Gasteiger charge is -2.10. The molecule has 0 radical (unpaired) electrons. The van der Waals surface area contributed by atoms with E-state index in [1.807, 2.05) is 19.1 Å². The van der Waals surface area contributed by atoms with Crippen LogP contribution in [-0.4, -0.2) is 11.1 Å². The average Bonchev–Trinajstić information content (AvgIpc) is 2.41. The molecule has 0 amide bonds. The summed E-state index contributed by atoms with van der Waals surface area (Å²) in [5.74, 6) is 0.388. The van der Waals surface area contributed by atoms with Gasteiger partial charge in [-0.3, -0.25) is 0 Å². The molecular formula is C16H12BrClO3. The lowest BCUT2D eigenvalue weighted by molar-refractivity contribution is -0.131. The largest absolute Gasteiger partial charge is 0.478 e. The Labute approximate surface area is 135 Å². The van der Waals surface area contributed by atoms with Crippen molar-refractivity contribution in [3.8, 4) is 11.5 Å². The smallest absolute Gasteiger partial charge is 0.328 e. The van der Waals surface area contributed by atoms with E-state index in [4.69, 9.17) is 21.4 Å². The second-order valence-electron chi connectivity index (χ2n) is 4.37. The zero-order valence-corrected chi connectivity index (χ0v) is 13.5. The molecule has 0 atom stereocenters. The van der Waals surface area contributed by atoms with Crippen LogP contribution in [0.3, 0.4) is 0 Å². The highest BCUT2D eigenvalue weighted by molar-refractivity contribution is 9.10. The van der Waals surface area contributed by atoms with E-state index in [2.05, 4.69) is 15.9 Å². The summed E-state index contributed by atoms with van der Waals surface area (Å²) in [5, 5.41) is 9.29. The second-order valence-corrected chi connectivity index (χ2v) is 5.66. The van der Waals surface area contributed by atoms with Gasteiger partial charge in [-0.2, -0.15) is 0 Å². The van der Waals surface area contributed by atoms with Crippen LogP contribution in [0.1, 0.15) is 11.1 Å². The van der Waals surface area contributed by atoms with Crippen molar-refractivity contribution in [1.29, 1.82) is 0 Å². The van der Waals surface area contributed by atoms with E-state index in [0.717, 1.165) is 27.4 Å². The first-order chi connectivity index (χ1) is 9.95. The molecule has 2 aromatic rings. The van der Waals surface area contributed by atoms with Gasteiger partial charge >= 0.3 is 5.97 Å². The van der Waals surface area contributed by atoms with Crippen LogP contribution < -0.4 is 4.74 Å². The van der Waals surface area contributed by atoms with E-state index in [-0.39, 0.29) is 0 Å². The monoisotopic (exact) mass is 366 g/mol. The molecule has 5 heteroatoms. The van der Waals surface area contributed by atoms with Gasteiger partial charge in [0.1, 0.15) is 11.5 Å². The van der Waals surface area contributed by atoms with E-state index in [9.17, 15) is 4.79 Å². The number of carboxylic acid groups (broad SMARTS) is 1. The lowest BCUT2D eigenvalue weighted by Crippen LogP contribution is -1.89. The molecule has 0 aliphatic rings. The second kappa shape index (κ2) is 6.78. The highest BCUT2D eigenvalue weighted by Crippen LogP contribution is 2.30. The highest BCUT2D eigenvalue weighted by Gasteiger charge is 2.05. The number of carbonyl (C=O) groups is 1. The zero-order valence-electron chi connectivity index (χ0n) is 11.1. The number of benzene rings is 2. The summed E-state index contributed by atoms with van der Waals surface area (Å²) >= 11 is 9.30. The molecule has 0 aliphatic heterocycles.